The van der Waals surface area contributed by atoms with Crippen molar-refractivity contribution < 1.29 is 9.18 Å². The van der Waals surface area contributed by atoms with E-state index in [4.69, 9.17) is 4.98 Å². The molecule has 0 spiro atoms. The number of nitrogens with one attached hydrogen (secondary N) is 2. The third-order valence-corrected chi connectivity index (χ3v) is 5.75. The van der Waals surface area contributed by atoms with Crippen LogP contribution in [0.1, 0.15) is 24.0 Å². The maximum atomic E-state index is 13.2. The summed E-state index contributed by atoms with van der Waals surface area (Å²) in [5.74, 6) is 0.448. The van der Waals surface area contributed by atoms with E-state index in [2.05, 4.69) is 20.7 Å². The van der Waals surface area contributed by atoms with Crippen LogP contribution in [0.3, 0.4) is 0 Å². The first-order valence-electron chi connectivity index (χ1n) is 11.1. The van der Waals surface area contributed by atoms with Gasteiger partial charge in [-0.15, -0.1) is 0 Å². The molecule has 4 rings (SSSR count). The molecule has 1 fully saturated rings. The fourth-order valence-electron chi connectivity index (χ4n) is 3.65. The molecule has 0 aliphatic heterocycles. The minimum atomic E-state index is -0.304. The van der Waals surface area contributed by atoms with Gasteiger partial charge in [-0.25, -0.2) is 9.97 Å². The number of hydrogen-bond donors (Lipinski definition) is 2. The number of amides is 1. The second-order valence-corrected chi connectivity index (χ2v) is 9.13. The van der Waals surface area contributed by atoms with Gasteiger partial charge in [0.25, 0.3) is 0 Å². The molecule has 8 nitrogen and oxygen atoms in total. The summed E-state index contributed by atoms with van der Waals surface area (Å²) < 4.78 is 15.1. The molecule has 0 saturated heterocycles. The number of alkyl halides is 1. The van der Waals surface area contributed by atoms with Crippen LogP contribution in [0.25, 0.3) is 11.3 Å². The molecule has 1 amide bonds. The highest BCUT2D eigenvalue weighted by Crippen LogP contribution is 2.47. The minimum Gasteiger partial charge on any atom is -0.351 e. The zero-order chi connectivity index (χ0) is 23.4. The van der Waals surface area contributed by atoms with Crippen molar-refractivity contribution in [2.24, 2.45) is 5.41 Å². The first kappa shape index (κ1) is 22.8. The molecule has 1 aromatic carbocycles. The zero-order valence-corrected chi connectivity index (χ0v) is 19.3. The van der Waals surface area contributed by atoms with E-state index in [9.17, 15) is 9.18 Å². The summed E-state index contributed by atoms with van der Waals surface area (Å²) in [4.78, 5) is 22.8. The molecule has 0 radical (unpaired) electrons. The lowest BCUT2D eigenvalue weighted by Gasteiger charge is -2.12. The van der Waals surface area contributed by atoms with Crippen LogP contribution in [0.15, 0.2) is 42.9 Å². The highest BCUT2D eigenvalue weighted by Gasteiger charge is 2.43. The third-order valence-electron chi connectivity index (χ3n) is 5.75. The molecule has 174 valence electrons. The lowest BCUT2D eigenvalue weighted by molar-refractivity contribution is -0.121. The molecule has 2 aromatic heterocycles. The van der Waals surface area contributed by atoms with Gasteiger partial charge in [0, 0.05) is 42.1 Å². The molecule has 9 heteroatoms. The quantitative estimate of drug-likeness (QED) is 0.492. The van der Waals surface area contributed by atoms with Gasteiger partial charge in [-0.1, -0.05) is 12.1 Å². The molecular formula is C24H30FN7O. The summed E-state index contributed by atoms with van der Waals surface area (Å²) in [7, 11) is 3.72. The van der Waals surface area contributed by atoms with Gasteiger partial charge in [0.15, 0.2) is 0 Å². The number of nitrogens with zero attached hydrogens (tertiary/aromatic N) is 5. The molecule has 0 bridgehead atoms. The van der Waals surface area contributed by atoms with E-state index in [-0.39, 0.29) is 18.0 Å². The van der Waals surface area contributed by atoms with Crippen LogP contribution in [-0.4, -0.2) is 57.9 Å². The van der Waals surface area contributed by atoms with E-state index in [0.29, 0.717) is 25.6 Å². The van der Waals surface area contributed by atoms with E-state index in [1.165, 1.54) is 0 Å². The maximum Gasteiger partial charge on any atom is 0.234 e. The Kier molecular flexibility index (Phi) is 6.69. The molecule has 2 heterocycles. The first-order valence-corrected chi connectivity index (χ1v) is 11.1. The van der Waals surface area contributed by atoms with Gasteiger partial charge in [0.2, 0.25) is 11.9 Å². The van der Waals surface area contributed by atoms with Crippen LogP contribution in [0, 0.1) is 12.3 Å². The van der Waals surface area contributed by atoms with Gasteiger partial charge >= 0.3 is 0 Å². The summed E-state index contributed by atoms with van der Waals surface area (Å²) in [5, 5.41) is 10.6. The molecule has 3 aromatic rings. The van der Waals surface area contributed by atoms with Crippen molar-refractivity contribution in [1.29, 1.82) is 0 Å². The third kappa shape index (κ3) is 5.92. The van der Waals surface area contributed by atoms with Crippen molar-refractivity contribution in [2.45, 2.75) is 32.9 Å². The van der Waals surface area contributed by atoms with Gasteiger partial charge in [-0.2, -0.15) is 5.10 Å². The van der Waals surface area contributed by atoms with Crippen LogP contribution in [0.5, 0.6) is 0 Å². The molecule has 1 saturated carbocycles. The Hall–Kier alpha value is -3.33. The number of carbonyl (C=O) groups is 1. The minimum absolute atomic E-state index is 0.0236. The van der Waals surface area contributed by atoms with Crippen LogP contribution >= 0.6 is 0 Å². The summed E-state index contributed by atoms with van der Waals surface area (Å²) in [6.07, 6.45) is 7.29. The van der Waals surface area contributed by atoms with Gasteiger partial charge in [0.05, 0.1) is 25.1 Å². The monoisotopic (exact) mass is 451 g/mol. The number of aromatic nitrogens is 4. The van der Waals surface area contributed by atoms with Crippen molar-refractivity contribution in [3.8, 4) is 11.3 Å². The number of benzene rings is 1. The lowest BCUT2D eigenvalue weighted by atomic mass is 10.1. The Morgan fingerprint density at radius 3 is 2.82 bits per heavy atom. The Morgan fingerprint density at radius 1 is 1.27 bits per heavy atom. The van der Waals surface area contributed by atoms with Crippen molar-refractivity contribution >= 4 is 17.5 Å². The van der Waals surface area contributed by atoms with E-state index >= 15 is 0 Å². The van der Waals surface area contributed by atoms with Crippen molar-refractivity contribution in [3.63, 3.8) is 0 Å². The smallest absolute Gasteiger partial charge is 0.234 e. The summed E-state index contributed by atoms with van der Waals surface area (Å²) in [6.45, 7) is 3.04. The largest absolute Gasteiger partial charge is 0.351 e. The predicted octanol–water partition coefficient (Wildman–Crippen LogP) is 3.32. The lowest BCUT2D eigenvalue weighted by Crippen LogP contribution is -2.32. The number of rotatable bonds is 10. The molecule has 0 unspecified atom stereocenters. The number of carbonyl (C=O) groups excluding carboxylic acids is 1. The van der Waals surface area contributed by atoms with Crippen molar-refractivity contribution in [3.05, 3.63) is 54.0 Å². The van der Waals surface area contributed by atoms with Gasteiger partial charge in [-0.3, -0.25) is 13.9 Å². The first-order chi connectivity index (χ1) is 15.9. The van der Waals surface area contributed by atoms with Gasteiger partial charge in [0.1, 0.15) is 0 Å². The van der Waals surface area contributed by atoms with E-state index in [1.54, 1.807) is 12.4 Å². The number of hydrogen-bond acceptors (Lipinski definition) is 6. The molecule has 2 N–H and O–H groups in total. The normalized spacial score (nSPS) is 14.3. The number of likely N-dealkylation sites (N-methyl/N-ethyl adjacent to an activating group) is 1. The molecule has 33 heavy (non-hydrogen) atoms. The molecule has 0 atom stereocenters. The fourth-order valence-corrected chi connectivity index (χ4v) is 3.65. The van der Waals surface area contributed by atoms with Crippen molar-refractivity contribution in [2.75, 3.05) is 32.6 Å². The standard InChI is InChI=1S/C24H30FN7O/c1-17-10-27-23(29-20-6-4-5-18(9-20)11-26-21(33)14-31(2)3)30-22(17)19-12-28-32(13-19)16-24(15-25)7-8-24/h4-6,9-10,12-13H,7-8,11,14-16H2,1-3H3,(H,26,33)(H,27,29,30). The van der Waals surface area contributed by atoms with E-state index in [1.807, 2.05) is 61.1 Å². The highest BCUT2D eigenvalue weighted by molar-refractivity contribution is 5.78. The van der Waals surface area contributed by atoms with E-state index < -0.39 is 0 Å². The highest BCUT2D eigenvalue weighted by atomic mass is 19.1. The Balaban J connectivity index is 1.44. The zero-order valence-electron chi connectivity index (χ0n) is 19.3. The Morgan fingerprint density at radius 2 is 2.09 bits per heavy atom. The average Bonchev–Trinajstić information content (AvgIpc) is 3.41. The number of halogens is 1. The SMILES string of the molecule is Cc1cnc(Nc2cccc(CNC(=O)CN(C)C)c2)nc1-c1cnn(CC2(CF)CC2)c1. The van der Waals surface area contributed by atoms with Crippen LogP contribution in [0.4, 0.5) is 16.0 Å². The average molecular weight is 452 g/mol. The topological polar surface area (TPSA) is 88.0 Å². The summed E-state index contributed by atoms with van der Waals surface area (Å²) in [5.41, 5.74) is 4.18. The number of aryl methyl sites for hydroxylation is 1. The maximum absolute atomic E-state index is 13.2. The number of anilines is 2. The van der Waals surface area contributed by atoms with Crippen molar-refractivity contribution in [1.82, 2.24) is 30.0 Å². The molecule has 1 aliphatic carbocycles. The second-order valence-electron chi connectivity index (χ2n) is 9.13. The fraction of sp³-hybridized carbons (Fsp3) is 0.417. The molecule has 1 aliphatic rings. The van der Waals surface area contributed by atoms with Crippen LogP contribution in [-0.2, 0) is 17.9 Å². The summed E-state index contributed by atoms with van der Waals surface area (Å²) in [6, 6.07) is 7.77. The summed E-state index contributed by atoms with van der Waals surface area (Å²) >= 11 is 0. The second kappa shape index (κ2) is 9.66. The van der Waals surface area contributed by atoms with E-state index in [0.717, 1.165) is 40.9 Å². The van der Waals surface area contributed by atoms with Crippen LogP contribution < -0.4 is 10.6 Å². The van der Waals surface area contributed by atoms with Crippen LogP contribution in [0.2, 0.25) is 0 Å². The molecular weight excluding hydrogens is 421 g/mol. The van der Waals surface area contributed by atoms with Gasteiger partial charge < -0.3 is 15.5 Å². The Labute approximate surface area is 193 Å². The predicted molar refractivity (Wildman–Crippen MR) is 126 cm³/mol. The Bertz CT molecular complexity index is 1120. The van der Waals surface area contributed by atoms with Gasteiger partial charge in [-0.05, 0) is 57.1 Å².